The van der Waals surface area contributed by atoms with E-state index in [4.69, 9.17) is 9.16 Å². The number of hydrogen-bond donors (Lipinski definition) is 3. The number of nitrogens with zero attached hydrogens (tertiary/aromatic N) is 1. The highest BCUT2D eigenvalue weighted by atomic mass is 28.4. The summed E-state index contributed by atoms with van der Waals surface area (Å²) in [7, 11) is -2.91. The van der Waals surface area contributed by atoms with Gasteiger partial charge < -0.3 is 30.0 Å². The van der Waals surface area contributed by atoms with Gasteiger partial charge in [-0.15, -0.1) is 0 Å². The fourth-order valence-electron chi connectivity index (χ4n) is 8.48. The average molecular weight is 839 g/mol. The van der Waals surface area contributed by atoms with Crippen molar-refractivity contribution in [3.05, 3.63) is 90.5 Å². The Balaban J connectivity index is 1.25. The molecule has 0 spiro atoms. The topological polar surface area (TPSA) is 143 Å². The molecule has 0 aliphatic carbocycles. The first-order chi connectivity index (χ1) is 28.5. The van der Waals surface area contributed by atoms with E-state index in [0.717, 1.165) is 15.9 Å². The minimum Gasteiger partial charge on any atom is -0.491 e. The molecule has 3 N–H and O–H groups in total. The van der Waals surface area contributed by atoms with E-state index in [2.05, 4.69) is 61.0 Å². The maximum absolute atomic E-state index is 14.2. The molecule has 3 aromatic carbocycles. The lowest BCUT2D eigenvalue weighted by Crippen LogP contribution is -2.68. The first-order valence-electron chi connectivity index (χ1n) is 21.8. The second kappa shape index (κ2) is 20.2. The molecule has 2 aliphatic rings. The molecular weight excluding hydrogens is 773 g/mol. The van der Waals surface area contributed by atoms with Gasteiger partial charge in [0, 0.05) is 19.4 Å². The van der Waals surface area contributed by atoms with Gasteiger partial charge in [-0.25, -0.2) is 0 Å². The molecule has 5 rings (SSSR count). The second-order valence-electron chi connectivity index (χ2n) is 18.0. The molecule has 2 fully saturated rings. The van der Waals surface area contributed by atoms with Gasteiger partial charge in [-0.05, 0) is 92.9 Å². The lowest BCUT2D eigenvalue weighted by atomic mass is 9.94. The number of unbranched alkanes of at least 4 members (excludes halogenated alkanes) is 2. The summed E-state index contributed by atoms with van der Waals surface area (Å²) in [5.41, 5.74) is -0.521. The maximum atomic E-state index is 14.2. The Morgan fingerprint density at radius 1 is 0.833 bits per heavy atom. The minimum absolute atomic E-state index is 0.00996. The summed E-state index contributed by atoms with van der Waals surface area (Å²) in [5, 5.41) is 10.8. The molecule has 11 nitrogen and oxygen atoms in total. The Morgan fingerprint density at radius 2 is 1.45 bits per heavy atom. The zero-order chi connectivity index (χ0) is 43.7. The Kier molecular flexibility index (Phi) is 15.5. The number of carbonyl (C=O) groups excluding carboxylic acids is 5. The molecule has 60 heavy (non-hydrogen) atoms. The second-order valence-corrected chi connectivity index (χ2v) is 22.2. The van der Waals surface area contributed by atoms with Crippen molar-refractivity contribution in [2.75, 3.05) is 6.54 Å². The first kappa shape index (κ1) is 46.3. The van der Waals surface area contributed by atoms with Crippen molar-refractivity contribution in [3.8, 4) is 5.75 Å². The number of carbonyl (C=O) groups is 5. The van der Waals surface area contributed by atoms with Crippen LogP contribution in [0.4, 0.5) is 0 Å². The lowest BCUT2D eigenvalue weighted by molar-refractivity contribution is -0.144. The highest BCUT2D eigenvalue weighted by Crippen LogP contribution is 2.38. The number of rotatable bonds is 16. The smallest absolute Gasteiger partial charge is 0.262 e. The highest BCUT2D eigenvalue weighted by molar-refractivity contribution is 6.99. The largest absolute Gasteiger partial charge is 0.491 e. The van der Waals surface area contributed by atoms with Crippen LogP contribution in [0.25, 0.3) is 0 Å². The third-order valence-electron chi connectivity index (χ3n) is 12.1. The summed E-state index contributed by atoms with van der Waals surface area (Å²) in [5.74, 6) is -0.917. The molecule has 0 radical (unpaired) electrons. The van der Waals surface area contributed by atoms with Gasteiger partial charge >= 0.3 is 0 Å². The van der Waals surface area contributed by atoms with E-state index >= 15 is 0 Å². The number of amides is 4. The normalized spacial score (nSPS) is 22.2. The van der Waals surface area contributed by atoms with Crippen LogP contribution >= 0.6 is 0 Å². The number of ketones is 1. The van der Waals surface area contributed by atoms with Crippen molar-refractivity contribution in [3.63, 3.8) is 0 Å². The van der Waals surface area contributed by atoms with Crippen LogP contribution in [0.3, 0.4) is 0 Å². The number of hydrogen-bond acceptors (Lipinski definition) is 7. The first-order valence-corrected chi connectivity index (χ1v) is 23.7. The van der Waals surface area contributed by atoms with E-state index in [1.807, 2.05) is 81.4 Å². The third-order valence-corrected chi connectivity index (χ3v) is 17.2. The minimum atomic E-state index is -2.91. The van der Waals surface area contributed by atoms with Crippen LogP contribution in [0.5, 0.6) is 5.75 Å². The summed E-state index contributed by atoms with van der Waals surface area (Å²) < 4.78 is 12.8. The Bertz CT molecular complexity index is 1900. The fraction of sp³-hybridized carbons (Fsp3) is 0.521. The average Bonchev–Trinajstić information content (AvgIpc) is 3.72. The van der Waals surface area contributed by atoms with Gasteiger partial charge in [-0.2, -0.15) is 0 Å². The van der Waals surface area contributed by atoms with E-state index in [1.54, 1.807) is 18.7 Å². The van der Waals surface area contributed by atoms with Crippen LogP contribution in [0, 0.1) is 0 Å². The number of benzene rings is 3. The van der Waals surface area contributed by atoms with Gasteiger partial charge in [0.15, 0.2) is 5.78 Å². The van der Waals surface area contributed by atoms with E-state index in [1.165, 1.54) is 0 Å². The number of ether oxygens (including phenoxy) is 1. The SMILES string of the molecule is CC[C@]1(C)NC(=O)[C@H](CCCCCC(=O)[C@H](C)O[Si](c2ccccc2)(c2ccccc2)C(C)(C)C)NC(=O)[C@H]2CCCN2C(=O)[C@H](Cc2ccc(OC(C)C)cc2)NC1=O. The van der Waals surface area contributed by atoms with Crippen molar-refractivity contribution in [2.45, 2.75) is 154 Å². The molecule has 2 aliphatic heterocycles. The number of fused-ring (bicyclic) bond motifs is 1. The molecule has 2 saturated heterocycles. The lowest BCUT2D eigenvalue weighted by Gasteiger charge is -2.44. The van der Waals surface area contributed by atoms with Gasteiger partial charge in [0.25, 0.3) is 8.32 Å². The van der Waals surface area contributed by atoms with Gasteiger partial charge in [-0.3, -0.25) is 24.0 Å². The number of Topliss-reactive ketones (excluding diaryl/α,β-unsaturated/α-hetero) is 1. The Labute approximate surface area is 357 Å². The van der Waals surface area contributed by atoms with Gasteiger partial charge in [0.05, 0.1) is 6.10 Å². The molecule has 3 aromatic rings. The van der Waals surface area contributed by atoms with Gasteiger partial charge in [0.1, 0.15) is 35.5 Å². The predicted octanol–water partition coefficient (Wildman–Crippen LogP) is 5.76. The molecule has 324 valence electrons. The summed E-state index contributed by atoms with van der Waals surface area (Å²) in [6.45, 7) is 16.1. The standard InChI is InChI=1S/C48H66N4O7Si/c1-9-48(8)46(57)50-40(32-35-27-29-36(30-28-35)58-33(2)3)45(56)52-31-19-25-41(52)44(55)49-39(43(54)51-48)24-17-12-18-26-42(53)34(4)59-60(47(5,6)7,37-20-13-10-14-21-37)38-22-15-11-16-23-38/h10-11,13-16,20-23,27-30,33-34,39-41H,9,12,17-19,24-26,31-32H2,1-8H3,(H,49,55)(H,50,57)(H,51,54)/t34-,39-,40-,41+,48-/m0/s1. The monoisotopic (exact) mass is 838 g/mol. The summed E-state index contributed by atoms with van der Waals surface area (Å²) in [6.07, 6.45) is 3.33. The summed E-state index contributed by atoms with van der Waals surface area (Å²) in [4.78, 5) is 71.3. The van der Waals surface area contributed by atoms with Crippen molar-refractivity contribution >= 4 is 48.1 Å². The molecule has 0 unspecified atom stereocenters. The quantitative estimate of drug-likeness (QED) is 0.123. The molecule has 0 bridgehead atoms. The molecule has 12 heteroatoms. The van der Waals surface area contributed by atoms with E-state index in [-0.39, 0.29) is 41.6 Å². The van der Waals surface area contributed by atoms with Crippen molar-refractivity contribution in [1.82, 2.24) is 20.9 Å². The molecule has 0 saturated carbocycles. The molecule has 0 aromatic heterocycles. The number of nitrogens with one attached hydrogen (secondary N) is 3. The van der Waals surface area contributed by atoms with E-state index in [0.29, 0.717) is 57.2 Å². The molecular formula is C48H66N4O7Si. The zero-order valence-electron chi connectivity index (χ0n) is 36.8. The summed E-state index contributed by atoms with van der Waals surface area (Å²) in [6, 6.07) is 25.3. The molecule has 5 atom stereocenters. The van der Waals surface area contributed by atoms with Crippen LogP contribution < -0.4 is 31.1 Å². The van der Waals surface area contributed by atoms with Crippen LogP contribution in [0.1, 0.15) is 112 Å². The van der Waals surface area contributed by atoms with Crippen LogP contribution in [-0.4, -0.2) is 85.0 Å². The zero-order valence-corrected chi connectivity index (χ0v) is 37.8. The van der Waals surface area contributed by atoms with Gasteiger partial charge in [0.2, 0.25) is 23.6 Å². The summed E-state index contributed by atoms with van der Waals surface area (Å²) >= 11 is 0. The van der Waals surface area contributed by atoms with Crippen molar-refractivity contribution in [2.24, 2.45) is 0 Å². The van der Waals surface area contributed by atoms with E-state index in [9.17, 15) is 24.0 Å². The Morgan fingerprint density at radius 3 is 2.02 bits per heavy atom. The van der Waals surface area contributed by atoms with Crippen molar-refractivity contribution < 1.29 is 33.1 Å². The van der Waals surface area contributed by atoms with Crippen LogP contribution in [0.15, 0.2) is 84.9 Å². The van der Waals surface area contributed by atoms with Gasteiger partial charge in [-0.1, -0.05) is 113 Å². The highest BCUT2D eigenvalue weighted by Gasteiger charge is 2.51. The van der Waals surface area contributed by atoms with E-state index < -0.39 is 49.9 Å². The molecule has 2 heterocycles. The van der Waals surface area contributed by atoms with Crippen molar-refractivity contribution in [1.29, 1.82) is 0 Å². The third kappa shape index (κ3) is 10.9. The fourth-order valence-corrected chi connectivity index (χ4v) is 13.2. The molecule has 4 amide bonds. The van der Waals surface area contributed by atoms with Crippen LogP contribution in [-0.2, 0) is 34.8 Å². The van der Waals surface area contributed by atoms with Crippen LogP contribution in [0.2, 0.25) is 5.04 Å². The maximum Gasteiger partial charge on any atom is 0.262 e. The Hall–Kier alpha value is -4.81. The predicted molar refractivity (Wildman–Crippen MR) is 238 cm³/mol.